The van der Waals surface area contributed by atoms with E-state index in [1.807, 2.05) is 36.0 Å². The lowest BCUT2D eigenvalue weighted by Crippen LogP contribution is -2.37. The molecule has 3 rings (SSSR count). The van der Waals surface area contributed by atoms with Gasteiger partial charge in [0.05, 0.1) is 18.3 Å². The lowest BCUT2D eigenvalue weighted by Gasteiger charge is -2.22. The number of nitrogens with zero attached hydrogens (tertiary/aromatic N) is 2. The first-order valence-corrected chi connectivity index (χ1v) is 8.90. The number of nitrogens with one attached hydrogen (secondary N) is 1. The molecular formula is C16H18ClN3OS. The highest BCUT2D eigenvalue weighted by Gasteiger charge is 2.17. The van der Waals surface area contributed by atoms with Crippen LogP contribution in [0.2, 0.25) is 5.02 Å². The molecule has 0 aliphatic carbocycles. The fraction of sp³-hybridized carbons (Fsp3) is 0.375. The largest absolute Gasteiger partial charge is 0.349 e. The third-order valence-electron chi connectivity index (χ3n) is 3.74. The molecule has 0 atom stereocenters. The van der Waals surface area contributed by atoms with Gasteiger partial charge >= 0.3 is 0 Å². The molecule has 1 aliphatic rings. The zero-order chi connectivity index (χ0) is 15.4. The molecule has 6 heteroatoms. The van der Waals surface area contributed by atoms with Crippen LogP contribution in [0, 0.1) is 0 Å². The minimum atomic E-state index is -0.0395. The van der Waals surface area contributed by atoms with Gasteiger partial charge in [-0.05, 0) is 36.0 Å². The first kappa shape index (κ1) is 15.4. The molecule has 0 unspecified atom stereocenters. The Balaban J connectivity index is 1.63. The highest BCUT2D eigenvalue weighted by molar-refractivity contribution is 7.99. The molecule has 0 saturated carbocycles. The van der Waals surface area contributed by atoms with Crippen LogP contribution in [0.1, 0.15) is 28.8 Å². The average molecular weight is 336 g/mol. The predicted molar refractivity (Wildman–Crippen MR) is 90.6 cm³/mol. The summed E-state index contributed by atoms with van der Waals surface area (Å²) in [6.45, 7) is 0.563. The number of thioether (sulfide) groups is 1. The Labute approximate surface area is 139 Å². The van der Waals surface area contributed by atoms with E-state index in [1.54, 1.807) is 17.1 Å². The second kappa shape index (κ2) is 7.20. The second-order valence-corrected chi connectivity index (χ2v) is 7.01. The smallest absolute Gasteiger partial charge is 0.254 e. The Hall–Kier alpha value is -1.46. The number of aromatic nitrogens is 2. The number of benzene rings is 1. The van der Waals surface area contributed by atoms with E-state index < -0.39 is 0 Å². The third kappa shape index (κ3) is 3.84. The summed E-state index contributed by atoms with van der Waals surface area (Å²) < 4.78 is 1.74. The zero-order valence-corrected chi connectivity index (χ0v) is 13.7. The van der Waals surface area contributed by atoms with Crippen LogP contribution in [0.3, 0.4) is 0 Å². The maximum absolute atomic E-state index is 12.2. The van der Waals surface area contributed by atoms with Gasteiger partial charge in [-0.2, -0.15) is 16.9 Å². The summed E-state index contributed by atoms with van der Waals surface area (Å²) in [7, 11) is 0. The van der Waals surface area contributed by atoms with Gasteiger partial charge < -0.3 is 5.32 Å². The van der Waals surface area contributed by atoms with Crippen molar-refractivity contribution < 1.29 is 4.79 Å². The van der Waals surface area contributed by atoms with Crippen molar-refractivity contribution in [3.05, 3.63) is 52.8 Å². The van der Waals surface area contributed by atoms with E-state index in [0.29, 0.717) is 23.2 Å². The molecule has 1 aromatic carbocycles. The minimum absolute atomic E-state index is 0.0395. The molecule has 1 aromatic heterocycles. The fourth-order valence-electron chi connectivity index (χ4n) is 2.48. The molecule has 2 heterocycles. The van der Waals surface area contributed by atoms with Gasteiger partial charge in [-0.1, -0.05) is 29.8 Å². The second-order valence-electron chi connectivity index (χ2n) is 5.38. The van der Waals surface area contributed by atoms with Gasteiger partial charge in [-0.15, -0.1) is 0 Å². The van der Waals surface area contributed by atoms with Crippen LogP contribution >= 0.6 is 23.4 Å². The normalized spacial score (nSPS) is 15.7. The van der Waals surface area contributed by atoms with Crippen molar-refractivity contribution in [1.82, 2.24) is 15.1 Å². The summed E-state index contributed by atoms with van der Waals surface area (Å²) in [5, 5.41) is 8.06. The lowest BCUT2D eigenvalue weighted by molar-refractivity contribution is 0.0935. The molecule has 1 fully saturated rings. The van der Waals surface area contributed by atoms with Crippen molar-refractivity contribution in [2.75, 3.05) is 11.5 Å². The molecule has 1 amide bonds. The standard InChI is InChI=1S/C16H18ClN3OS/c17-15-4-2-1-3-12(15)10-20-11-13(9-18-20)16(21)19-14-5-7-22-8-6-14/h1-4,9,11,14H,5-8,10H2,(H,19,21). The number of rotatable bonds is 4. The summed E-state index contributed by atoms with van der Waals surface area (Å²) in [4.78, 5) is 12.2. The summed E-state index contributed by atoms with van der Waals surface area (Å²) >= 11 is 8.10. The first-order valence-electron chi connectivity index (χ1n) is 7.37. The van der Waals surface area contributed by atoms with Crippen LogP contribution in [-0.4, -0.2) is 33.2 Å². The molecule has 0 radical (unpaired) electrons. The van der Waals surface area contributed by atoms with E-state index in [4.69, 9.17) is 11.6 Å². The Kier molecular flexibility index (Phi) is 5.05. The van der Waals surface area contributed by atoms with Crippen molar-refractivity contribution in [2.45, 2.75) is 25.4 Å². The summed E-state index contributed by atoms with van der Waals surface area (Å²) in [5.74, 6) is 2.20. The van der Waals surface area contributed by atoms with Gasteiger partial charge in [0.1, 0.15) is 0 Å². The fourth-order valence-corrected chi connectivity index (χ4v) is 3.78. The monoisotopic (exact) mass is 335 g/mol. The maximum atomic E-state index is 12.2. The van der Waals surface area contributed by atoms with Gasteiger partial charge in [0.25, 0.3) is 5.91 Å². The van der Waals surface area contributed by atoms with E-state index in [2.05, 4.69) is 10.4 Å². The highest BCUT2D eigenvalue weighted by atomic mass is 35.5. The van der Waals surface area contributed by atoms with Crippen LogP contribution in [0.4, 0.5) is 0 Å². The van der Waals surface area contributed by atoms with Crippen molar-refractivity contribution in [3.8, 4) is 0 Å². The average Bonchev–Trinajstić information content (AvgIpc) is 2.99. The summed E-state index contributed by atoms with van der Waals surface area (Å²) in [5.41, 5.74) is 1.59. The number of amides is 1. The van der Waals surface area contributed by atoms with Gasteiger partial charge in [0.2, 0.25) is 0 Å². The quantitative estimate of drug-likeness (QED) is 0.933. The van der Waals surface area contributed by atoms with Crippen molar-refractivity contribution in [3.63, 3.8) is 0 Å². The predicted octanol–water partition coefficient (Wildman–Crippen LogP) is 3.21. The number of carbonyl (C=O) groups excluding carboxylic acids is 1. The maximum Gasteiger partial charge on any atom is 0.254 e. The minimum Gasteiger partial charge on any atom is -0.349 e. The molecule has 1 aliphatic heterocycles. The van der Waals surface area contributed by atoms with E-state index in [9.17, 15) is 4.79 Å². The van der Waals surface area contributed by atoms with Gasteiger partial charge in [-0.3, -0.25) is 9.48 Å². The van der Waals surface area contributed by atoms with E-state index in [1.165, 1.54) is 0 Å². The van der Waals surface area contributed by atoms with Crippen molar-refractivity contribution in [1.29, 1.82) is 0 Å². The summed E-state index contributed by atoms with van der Waals surface area (Å²) in [6, 6.07) is 7.95. The van der Waals surface area contributed by atoms with Gasteiger partial charge in [0.15, 0.2) is 0 Å². The third-order valence-corrected chi connectivity index (χ3v) is 5.16. The molecule has 1 N–H and O–H groups in total. The van der Waals surface area contributed by atoms with E-state index in [0.717, 1.165) is 29.9 Å². The van der Waals surface area contributed by atoms with E-state index >= 15 is 0 Å². The number of carbonyl (C=O) groups is 1. The van der Waals surface area contributed by atoms with Crippen molar-refractivity contribution >= 4 is 29.3 Å². The summed E-state index contributed by atoms with van der Waals surface area (Å²) in [6.07, 6.45) is 5.48. The molecule has 22 heavy (non-hydrogen) atoms. The van der Waals surface area contributed by atoms with Crippen LogP contribution in [0.25, 0.3) is 0 Å². The Bertz CT molecular complexity index is 652. The zero-order valence-electron chi connectivity index (χ0n) is 12.2. The molecule has 2 aromatic rings. The molecule has 1 saturated heterocycles. The van der Waals surface area contributed by atoms with Crippen LogP contribution in [0.15, 0.2) is 36.7 Å². The van der Waals surface area contributed by atoms with Crippen molar-refractivity contribution in [2.24, 2.45) is 0 Å². The number of halogens is 1. The van der Waals surface area contributed by atoms with Gasteiger partial charge in [-0.25, -0.2) is 0 Å². The lowest BCUT2D eigenvalue weighted by atomic mass is 10.1. The van der Waals surface area contributed by atoms with Crippen LogP contribution < -0.4 is 5.32 Å². The topological polar surface area (TPSA) is 46.9 Å². The molecule has 4 nitrogen and oxygen atoms in total. The van der Waals surface area contributed by atoms with Crippen LogP contribution in [0.5, 0.6) is 0 Å². The first-order chi connectivity index (χ1) is 10.7. The Morgan fingerprint density at radius 3 is 2.91 bits per heavy atom. The SMILES string of the molecule is O=C(NC1CCSCC1)c1cnn(Cc2ccccc2Cl)c1. The Morgan fingerprint density at radius 1 is 1.36 bits per heavy atom. The highest BCUT2D eigenvalue weighted by Crippen LogP contribution is 2.18. The molecule has 116 valence electrons. The molecule has 0 bridgehead atoms. The van der Waals surface area contributed by atoms with E-state index in [-0.39, 0.29) is 5.91 Å². The van der Waals surface area contributed by atoms with Gasteiger partial charge in [0, 0.05) is 17.3 Å². The molecule has 0 spiro atoms. The Morgan fingerprint density at radius 2 is 2.14 bits per heavy atom. The molecular weight excluding hydrogens is 318 g/mol. The number of hydrogen-bond donors (Lipinski definition) is 1. The number of hydrogen-bond acceptors (Lipinski definition) is 3. The van der Waals surface area contributed by atoms with Crippen LogP contribution in [-0.2, 0) is 6.54 Å².